The maximum atomic E-state index is 11.6. The molecule has 28 heavy (non-hydrogen) atoms. The van der Waals surface area contributed by atoms with Gasteiger partial charge in [-0.2, -0.15) is 8.42 Å². The van der Waals surface area contributed by atoms with Crippen molar-refractivity contribution in [2.24, 2.45) is 0 Å². The molecule has 0 atom stereocenters. The van der Waals surface area contributed by atoms with E-state index >= 15 is 0 Å². The van der Waals surface area contributed by atoms with E-state index in [1.165, 1.54) is 36.9 Å². The lowest BCUT2D eigenvalue weighted by Crippen LogP contribution is -2.08. The zero-order chi connectivity index (χ0) is 20.2. The average Bonchev–Trinajstić information content (AvgIpc) is 2.89. The maximum absolute atomic E-state index is 11.6. The van der Waals surface area contributed by atoms with Crippen LogP contribution in [-0.2, 0) is 10.1 Å². The van der Waals surface area contributed by atoms with Gasteiger partial charge in [0.1, 0.15) is 5.75 Å². The molecule has 3 nitrogen and oxygen atoms in total. The average molecular weight is 411 g/mol. The summed E-state index contributed by atoms with van der Waals surface area (Å²) in [5.41, 5.74) is 5.20. The number of aryl methyl sites for hydroxylation is 4. The van der Waals surface area contributed by atoms with Crippen LogP contribution in [0, 0.1) is 27.7 Å². The van der Waals surface area contributed by atoms with Crippen LogP contribution in [0.5, 0.6) is 5.75 Å². The molecule has 0 saturated heterocycles. The molecule has 0 radical (unpaired) electrons. The molecule has 0 amide bonds. The molecule has 4 aromatic rings. The van der Waals surface area contributed by atoms with E-state index in [0.29, 0.717) is 5.75 Å². The Kier molecular flexibility index (Phi) is 4.47. The highest BCUT2D eigenvalue weighted by Crippen LogP contribution is 2.43. The van der Waals surface area contributed by atoms with Crippen LogP contribution in [0.25, 0.3) is 32.0 Å². The van der Waals surface area contributed by atoms with Crippen molar-refractivity contribution in [1.29, 1.82) is 0 Å². The Hall–Kier alpha value is -2.37. The van der Waals surface area contributed by atoms with Crippen molar-refractivity contribution in [1.82, 2.24) is 0 Å². The van der Waals surface area contributed by atoms with E-state index in [0.717, 1.165) is 22.9 Å². The second kappa shape index (κ2) is 6.61. The minimum Gasteiger partial charge on any atom is -0.382 e. The van der Waals surface area contributed by atoms with Crippen molar-refractivity contribution in [2.45, 2.75) is 27.7 Å². The van der Waals surface area contributed by atoms with E-state index in [-0.39, 0.29) is 0 Å². The zero-order valence-corrected chi connectivity index (χ0v) is 18.2. The van der Waals surface area contributed by atoms with Crippen molar-refractivity contribution in [3.63, 3.8) is 0 Å². The van der Waals surface area contributed by atoms with Gasteiger partial charge >= 0.3 is 10.1 Å². The van der Waals surface area contributed by atoms with Gasteiger partial charge in [0.25, 0.3) is 0 Å². The van der Waals surface area contributed by atoms with Crippen molar-refractivity contribution in [2.75, 3.05) is 6.26 Å². The Morgan fingerprint density at radius 1 is 0.929 bits per heavy atom. The summed E-state index contributed by atoms with van der Waals surface area (Å²) in [5.74, 6) is 0.418. The van der Waals surface area contributed by atoms with Crippen LogP contribution < -0.4 is 4.18 Å². The molecule has 0 bridgehead atoms. The fraction of sp³-hybridized carbons (Fsp3) is 0.217. The summed E-state index contributed by atoms with van der Waals surface area (Å²) in [6.45, 7) is 8.12. The fourth-order valence-corrected chi connectivity index (χ4v) is 5.56. The summed E-state index contributed by atoms with van der Waals surface area (Å²) < 4.78 is 29.8. The van der Waals surface area contributed by atoms with Gasteiger partial charge < -0.3 is 4.18 Å². The Morgan fingerprint density at radius 2 is 1.57 bits per heavy atom. The molecule has 1 aromatic heterocycles. The third-order valence-corrected chi connectivity index (χ3v) is 6.79. The second-order valence-corrected chi connectivity index (χ2v) is 10.2. The number of hydrogen-bond acceptors (Lipinski definition) is 4. The zero-order valence-electron chi connectivity index (χ0n) is 16.6. The van der Waals surface area contributed by atoms with E-state index < -0.39 is 10.1 Å². The highest BCUT2D eigenvalue weighted by molar-refractivity contribution is 7.86. The molecule has 0 spiro atoms. The molecule has 1 heterocycles. The monoisotopic (exact) mass is 410 g/mol. The predicted molar refractivity (Wildman–Crippen MR) is 119 cm³/mol. The first-order valence-electron chi connectivity index (χ1n) is 9.08. The van der Waals surface area contributed by atoms with Gasteiger partial charge in [0.2, 0.25) is 0 Å². The Balaban J connectivity index is 2.08. The number of thiophene rings is 1. The Labute approximate surface area is 169 Å². The van der Waals surface area contributed by atoms with Crippen molar-refractivity contribution in [3.05, 3.63) is 64.0 Å². The SMILES string of the molecule is Cc1cc(-c2c3ccccc3cc3sc(C)c(C)c23)cc(C)c1OS(C)(=O)=O. The molecule has 0 N–H and O–H groups in total. The molecule has 5 heteroatoms. The quantitative estimate of drug-likeness (QED) is 0.373. The molecular formula is C23H22O3S2. The highest BCUT2D eigenvalue weighted by atomic mass is 32.2. The van der Waals surface area contributed by atoms with Crippen LogP contribution in [0.15, 0.2) is 42.5 Å². The smallest absolute Gasteiger partial charge is 0.306 e. The van der Waals surface area contributed by atoms with Crippen LogP contribution in [0.4, 0.5) is 0 Å². The Bertz CT molecular complexity index is 1320. The first kappa shape index (κ1) is 19.0. The predicted octanol–water partition coefficient (Wildman–Crippen LogP) is 6.29. The van der Waals surface area contributed by atoms with Gasteiger partial charge in [-0.25, -0.2) is 0 Å². The molecule has 4 rings (SSSR count). The molecule has 0 unspecified atom stereocenters. The lowest BCUT2D eigenvalue weighted by atomic mass is 9.91. The van der Waals surface area contributed by atoms with Crippen LogP contribution in [0.3, 0.4) is 0 Å². The van der Waals surface area contributed by atoms with Crippen LogP contribution in [0.2, 0.25) is 0 Å². The summed E-state index contributed by atoms with van der Waals surface area (Å²) in [4.78, 5) is 1.32. The molecule has 0 aliphatic carbocycles. The lowest BCUT2D eigenvalue weighted by Gasteiger charge is -2.15. The first-order chi connectivity index (χ1) is 13.2. The van der Waals surface area contributed by atoms with E-state index in [1.807, 2.05) is 37.3 Å². The third kappa shape index (κ3) is 3.19. The van der Waals surface area contributed by atoms with Gasteiger partial charge in [0, 0.05) is 15.0 Å². The molecule has 0 aliphatic heterocycles. The largest absolute Gasteiger partial charge is 0.382 e. The minimum absolute atomic E-state index is 0.418. The fourth-order valence-electron chi connectivity index (χ4n) is 3.87. The highest BCUT2D eigenvalue weighted by Gasteiger charge is 2.18. The minimum atomic E-state index is -3.57. The molecule has 144 valence electrons. The maximum Gasteiger partial charge on any atom is 0.306 e. The van der Waals surface area contributed by atoms with Gasteiger partial charge in [-0.05, 0) is 84.5 Å². The molecular weight excluding hydrogens is 388 g/mol. The summed E-state index contributed by atoms with van der Waals surface area (Å²) in [7, 11) is -3.57. The second-order valence-electron chi connectivity index (χ2n) is 7.36. The number of fused-ring (bicyclic) bond motifs is 2. The normalized spacial score (nSPS) is 12.0. The first-order valence-corrected chi connectivity index (χ1v) is 11.7. The third-order valence-electron chi connectivity index (χ3n) is 5.16. The van der Waals surface area contributed by atoms with E-state index in [1.54, 1.807) is 0 Å². The van der Waals surface area contributed by atoms with E-state index in [2.05, 4.69) is 44.2 Å². The van der Waals surface area contributed by atoms with Crippen LogP contribution in [-0.4, -0.2) is 14.7 Å². The van der Waals surface area contributed by atoms with Crippen molar-refractivity contribution in [3.8, 4) is 16.9 Å². The standard InChI is InChI=1S/C23H22O3S2/c1-13-10-18(11-14(2)23(13)26-28(5,24)25)22-19-9-7-6-8-17(19)12-20-21(22)15(3)16(4)27-20/h6-12H,1-5H3. The number of benzene rings is 3. The van der Waals surface area contributed by atoms with E-state index in [4.69, 9.17) is 4.18 Å². The van der Waals surface area contributed by atoms with Crippen LogP contribution in [0.1, 0.15) is 21.6 Å². The van der Waals surface area contributed by atoms with Gasteiger partial charge in [-0.15, -0.1) is 11.3 Å². The van der Waals surface area contributed by atoms with Gasteiger partial charge in [-0.3, -0.25) is 0 Å². The topological polar surface area (TPSA) is 43.4 Å². The van der Waals surface area contributed by atoms with Gasteiger partial charge in [0.05, 0.1) is 6.26 Å². The molecule has 3 aromatic carbocycles. The summed E-state index contributed by atoms with van der Waals surface area (Å²) in [6, 6.07) is 14.7. The summed E-state index contributed by atoms with van der Waals surface area (Å²) >= 11 is 1.82. The Morgan fingerprint density at radius 3 is 2.21 bits per heavy atom. The van der Waals surface area contributed by atoms with Crippen LogP contribution >= 0.6 is 11.3 Å². The van der Waals surface area contributed by atoms with Crippen molar-refractivity contribution < 1.29 is 12.6 Å². The van der Waals surface area contributed by atoms with Gasteiger partial charge in [-0.1, -0.05) is 24.3 Å². The van der Waals surface area contributed by atoms with Gasteiger partial charge in [0.15, 0.2) is 0 Å². The summed E-state index contributed by atoms with van der Waals surface area (Å²) in [6.07, 6.45) is 1.07. The number of hydrogen-bond donors (Lipinski definition) is 0. The number of rotatable bonds is 3. The lowest BCUT2D eigenvalue weighted by molar-refractivity contribution is 0.489. The molecule has 0 fully saturated rings. The molecule has 0 aliphatic rings. The molecule has 0 saturated carbocycles. The van der Waals surface area contributed by atoms with Crippen molar-refractivity contribution >= 4 is 42.3 Å². The van der Waals surface area contributed by atoms with E-state index in [9.17, 15) is 8.42 Å². The summed E-state index contributed by atoms with van der Waals surface area (Å²) in [5, 5.41) is 3.68.